The Balaban J connectivity index is 1.54. The quantitative estimate of drug-likeness (QED) is 0.219. The predicted octanol–water partition coefficient (Wildman–Crippen LogP) is 6.09. The first-order valence-electron chi connectivity index (χ1n) is 10.3. The van der Waals surface area contributed by atoms with Crippen LogP contribution in [0.2, 0.25) is 0 Å². The van der Waals surface area contributed by atoms with Crippen molar-refractivity contribution >= 4 is 34.0 Å². The Kier molecular flexibility index (Phi) is 3.92. The van der Waals surface area contributed by atoms with Gasteiger partial charge in [-0.05, 0) is 76.1 Å². The summed E-state index contributed by atoms with van der Waals surface area (Å²) in [4.78, 5) is 13.5. The van der Waals surface area contributed by atoms with Crippen LogP contribution < -0.4 is 4.90 Å². The van der Waals surface area contributed by atoms with Gasteiger partial charge in [0, 0.05) is 39.8 Å². The zero-order valence-corrected chi connectivity index (χ0v) is 18.0. The first kappa shape index (κ1) is 17.7. The third-order valence-electron chi connectivity index (χ3n) is 7.26. The molecule has 0 amide bonds. The first-order valence-corrected chi connectivity index (χ1v) is 11.4. The van der Waals surface area contributed by atoms with Crippen molar-refractivity contribution in [2.75, 3.05) is 11.4 Å². The Morgan fingerprint density at radius 3 is 2.45 bits per heavy atom. The minimum atomic E-state index is -0.310. The van der Waals surface area contributed by atoms with E-state index in [-0.39, 0.29) is 16.7 Å². The summed E-state index contributed by atoms with van der Waals surface area (Å²) in [5.74, 6) is 2.06. The highest BCUT2D eigenvalue weighted by atomic mass is 127. The lowest BCUT2D eigenvalue weighted by Gasteiger charge is -2.51. The molecule has 0 saturated carbocycles. The molecule has 6 rings (SSSR count). The molecule has 4 nitrogen and oxygen atoms in total. The fourth-order valence-corrected chi connectivity index (χ4v) is 6.78. The summed E-state index contributed by atoms with van der Waals surface area (Å²) in [5.41, 5.74) is 5.74. The summed E-state index contributed by atoms with van der Waals surface area (Å²) in [7, 11) is 0. The second-order valence-electron chi connectivity index (χ2n) is 8.68. The minimum Gasteiger partial charge on any atom is -0.363 e. The number of hydrogen-bond acceptors (Lipinski definition) is 3. The van der Waals surface area contributed by atoms with E-state index < -0.39 is 0 Å². The van der Waals surface area contributed by atoms with Crippen LogP contribution in [0.3, 0.4) is 0 Å². The Morgan fingerprint density at radius 1 is 1.00 bits per heavy atom. The zero-order valence-electron chi connectivity index (χ0n) is 15.9. The number of hydrogen-bond donors (Lipinski definition) is 0. The van der Waals surface area contributed by atoms with Crippen LogP contribution in [0.1, 0.15) is 47.4 Å². The molecule has 2 heterocycles. The van der Waals surface area contributed by atoms with Crippen LogP contribution in [0.5, 0.6) is 0 Å². The first-order chi connectivity index (χ1) is 14.1. The van der Waals surface area contributed by atoms with Crippen LogP contribution in [-0.4, -0.2) is 11.5 Å². The van der Waals surface area contributed by atoms with Gasteiger partial charge in [-0.25, -0.2) is 0 Å². The van der Waals surface area contributed by atoms with Gasteiger partial charge in [-0.3, -0.25) is 10.1 Å². The SMILES string of the molecule is O=[N+]([O-])c1ccc([C@@H]2[C@@H]3CC=C[C@@H]3c3cc(I)cc4c3N2C[C@H]2CC=C[C@H]42)cc1. The van der Waals surface area contributed by atoms with E-state index in [1.165, 1.54) is 25.9 Å². The number of nitro groups is 1. The van der Waals surface area contributed by atoms with Crippen LogP contribution in [0.15, 0.2) is 60.7 Å². The average molecular weight is 496 g/mol. The Bertz CT molecular complexity index is 1060. The van der Waals surface area contributed by atoms with Crippen LogP contribution >= 0.6 is 22.6 Å². The van der Waals surface area contributed by atoms with Crippen molar-refractivity contribution in [3.05, 3.63) is 91.1 Å². The maximum Gasteiger partial charge on any atom is 0.269 e. The Morgan fingerprint density at radius 2 is 1.69 bits per heavy atom. The molecule has 5 heteroatoms. The molecule has 0 spiro atoms. The lowest BCUT2D eigenvalue weighted by Crippen LogP contribution is -2.46. The molecule has 146 valence electrons. The van der Waals surface area contributed by atoms with Crippen molar-refractivity contribution in [3.63, 3.8) is 0 Å². The number of fused-ring (bicyclic) bond motifs is 4. The number of non-ortho nitro benzene ring substituents is 1. The lowest BCUT2D eigenvalue weighted by molar-refractivity contribution is -0.384. The highest BCUT2D eigenvalue weighted by Crippen LogP contribution is 2.58. The second kappa shape index (κ2) is 6.42. The third kappa shape index (κ3) is 2.56. The number of anilines is 1. The maximum atomic E-state index is 11.1. The molecule has 0 aromatic heterocycles. The van der Waals surface area contributed by atoms with E-state index in [1.807, 2.05) is 12.1 Å². The number of nitrogens with zero attached hydrogens (tertiary/aromatic N) is 2. The summed E-state index contributed by atoms with van der Waals surface area (Å²) in [6.45, 7) is 1.06. The van der Waals surface area contributed by atoms with Gasteiger partial charge in [-0.2, -0.15) is 0 Å². The molecule has 0 saturated heterocycles. The van der Waals surface area contributed by atoms with Crippen LogP contribution in [0.25, 0.3) is 0 Å². The monoisotopic (exact) mass is 496 g/mol. The number of halogens is 1. The summed E-state index contributed by atoms with van der Waals surface area (Å²) in [5, 5.41) is 11.1. The van der Waals surface area contributed by atoms with Gasteiger partial charge in [0.25, 0.3) is 5.69 Å². The fraction of sp³-hybridized carbons (Fsp3) is 0.333. The van der Waals surface area contributed by atoms with E-state index in [2.05, 4.69) is 63.9 Å². The number of rotatable bonds is 2. The number of allylic oxidation sites excluding steroid dienone is 4. The average Bonchev–Trinajstić information content (AvgIpc) is 3.37. The van der Waals surface area contributed by atoms with Gasteiger partial charge in [0.15, 0.2) is 0 Å². The standard InChI is InChI=1S/C24H21IN2O2/c25-16-11-21-18-4-1-3-15(18)13-26-23(14-7-9-17(10-8-14)27(28)29)20-6-2-5-19(20)22(12-16)24(21)26/h1-2,4-5,7-12,15,18-20,23H,3,6,13H2/t15-,18+,19+,20-,23-/m1/s1. The lowest BCUT2D eigenvalue weighted by atomic mass is 9.71. The molecule has 29 heavy (non-hydrogen) atoms. The van der Waals surface area contributed by atoms with E-state index in [4.69, 9.17) is 0 Å². The zero-order chi connectivity index (χ0) is 19.7. The third-order valence-corrected chi connectivity index (χ3v) is 7.88. The molecule has 0 bridgehead atoms. The second-order valence-corrected chi connectivity index (χ2v) is 9.93. The normalized spacial score (nSPS) is 30.8. The van der Waals surface area contributed by atoms with E-state index >= 15 is 0 Å². The highest BCUT2D eigenvalue weighted by Gasteiger charge is 2.47. The van der Waals surface area contributed by atoms with E-state index in [0.717, 1.165) is 19.4 Å². The number of benzene rings is 2. The largest absolute Gasteiger partial charge is 0.363 e. The van der Waals surface area contributed by atoms with Gasteiger partial charge < -0.3 is 4.90 Å². The Labute approximate surface area is 183 Å². The van der Waals surface area contributed by atoms with Crippen molar-refractivity contribution in [2.24, 2.45) is 11.8 Å². The highest BCUT2D eigenvalue weighted by molar-refractivity contribution is 14.1. The van der Waals surface area contributed by atoms with E-state index in [1.54, 1.807) is 12.1 Å². The molecule has 0 fully saturated rings. The van der Waals surface area contributed by atoms with Gasteiger partial charge in [0.05, 0.1) is 11.0 Å². The minimum absolute atomic E-state index is 0.167. The van der Waals surface area contributed by atoms with Crippen molar-refractivity contribution in [1.82, 2.24) is 0 Å². The molecule has 4 aliphatic rings. The van der Waals surface area contributed by atoms with Gasteiger partial charge in [0.1, 0.15) is 0 Å². The molecule has 2 aromatic carbocycles. The van der Waals surface area contributed by atoms with E-state index in [0.29, 0.717) is 23.7 Å². The van der Waals surface area contributed by atoms with Crippen LogP contribution in [0.4, 0.5) is 11.4 Å². The smallest absolute Gasteiger partial charge is 0.269 e. The molecule has 0 radical (unpaired) electrons. The summed E-state index contributed by atoms with van der Waals surface area (Å²) >= 11 is 2.47. The van der Waals surface area contributed by atoms with Gasteiger partial charge in [0.2, 0.25) is 0 Å². The van der Waals surface area contributed by atoms with Gasteiger partial charge in [-0.1, -0.05) is 36.4 Å². The molecule has 2 aliphatic carbocycles. The maximum absolute atomic E-state index is 11.1. The van der Waals surface area contributed by atoms with Crippen molar-refractivity contribution in [2.45, 2.75) is 30.7 Å². The van der Waals surface area contributed by atoms with Gasteiger partial charge >= 0.3 is 0 Å². The predicted molar refractivity (Wildman–Crippen MR) is 122 cm³/mol. The topological polar surface area (TPSA) is 46.4 Å². The van der Waals surface area contributed by atoms with Crippen LogP contribution in [0, 0.1) is 25.5 Å². The van der Waals surface area contributed by atoms with Gasteiger partial charge in [-0.15, -0.1) is 0 Å². The molecule has 2 aromatic rings. The van der Waals surface area contributed by atoms with Crippen molar-refractivity contribution in [1.29, 1.82) is 0 Å². The van der Waals surface area contributed by atoms with Crippen molar-refractivity contribution in [3.8, 4) is 0 Å². The Hall–Kier alpha value is -2.15. The summed E-state index contributed by atoms with van der Waals surface area (Å²) < 4.78 is 1.32. The molecular weight excluding hydrogens is 475 g/mol. The summed E-state index contributed by atoms with van der Waals surface area (Å²) in [6, 6.07) is 12.3. The molecule has 0 N–H and O–H groups in total. The van der Waals surface area contributed by atoms with Crippen LogP contribution in [-0.2, 0) is 0 Å². The molecule has 2 aliphatic heterocycles. The molecule has 5 atom stereocenters. The number of nitro benzene ring substituents is 1. The van der Waals surface area contributed by atoms with E-state index in [9.17, 15) is 10.1 Å². The molecule has 0 unspecified atom stereocenters. The molecular formula is C24H21IN2O2. The van der Waals surface area contributed by atoms with Crippen molar-refractivity contribution < 1.29 is 4.92 Å². The summed E-state index contributed by atoms with van der Waals surface area (Å²) in [6.07, 6.45) is 11.7. The fourth-order valence-electron chi connectivity index (χ4n) is 6.11.